The fourth-order valence-electron chi connectivity index (χ4n) is 0.0929. The lowest BCUT2D eigenvalue weighted by atomic mass is 10.5. The molecule has 0 fully saturated rings. The molecule has 4 heteroatoms. The topological polar surface area (TPSA) is 87.3 Å². The van der Waals surface area contributed by atoms with Crippen LogP contribution in [-0.2, 0) is 4.84 Å². The second kappa shape index (κ2) is 2.30. The summed E-state index contributed by atoms with van der Waals surface area (Å²) in [5.41, 5.74) is 10.5. The largest absolute Gasteiger partial charge is 0.398 e. The average Bonchev–Trinajstić information content (AvgIpc) is 1.65. The Morgan fingerprint density at radius 3 is 1.86 bits per heavy atom. The van der Waals surface area contributed by atoms with Crippen molar-refractivity contribution >= 4 is 0 Å². The van der Waals surface area contributed by atoms with Gasteiger partial charge in [0.2, 0.25) is 5.88 Å². The SMILES string of the molecule is C/C(N)=C(\N)ON. The van der Waals surface area contributed by atoms with Gasteiger partial charge >= 0.3 is 0 Å². The van der Waals surface area contributed by atoms with Crippen molar-refractivity contribution in [3.8, 4) is 0 Å². The molecule has 0 atom stereocenters. The summed E-state index contributed by atoms with van der Waals surface area (Å²) in [4.78, 5) is 4.04. The van der Waals surface area contributed by atoms with Gasteiger partial charge in [0.15, 0.2) is 0 Å². The maximum absolute atomic E-state index is 5.10. The Hall–Kier alpha value is -0.900. The van der Waals surface area contributed by atoms with Gasteiger partial charge in [-0.05, 0) is 6.92 Å². The van der Waals surface area contributed by atoms with Crippen LogP contribution in [0.4, 0.5) is 0 Å². The predicted molar refractivity (Wildman–Crippen MR) is 26.3 cm³/mol. The lowest BCUT2D eigenvalue weighted by molar-refractivity contribution is 0.213. The van der Waals surface area contributed by atoms with Gasteiger partial charge in [-0.2, -0.15) is 5.90 Å². The van der Waals surface area contributed by atoms with Crippen LogP contribution in [0.3, 0.4) is 0 Å². The first kappa shape index (κ1) is 6.10. The quantitative estimate of drug-likeness (QED) is 0.293. The highest BCUT2D eigenvalue weighted by Crippen LogP contribution is 1.83. The monoisotopic (exact) mass is 103 g/mol. The molecule has 0 radical (unpaired) electrons. The summed E-state index contributed by atoms with van der Waals surface area (Å²) in [6.07, 6.45) is 0. The van der Waals surface area contributed by atoms with Crippen molar-refractivity contribution in [1.29, 1.82) is 0 Å². The van der Waals surface area contributed by atoms with E-state index in [4.69, 9.17) is 11.5 Å². The molecule has 0 rings (SSSR count). The molecule has 0 bridgehead atoms. The molecule has 0 aromatic rings. The molecule has 0 aliphatic heterocycles. The van der Waals surface area contributed by atoms with Crippen LogP contribution < -0.4 is 17.4 Å². The molecule has 0 aliphatic rings. The standard InChI is InChI=1S/C3H9N3O/c1-2(4)3(5)7-6/h4-6H2,1H3/b3-2-. The average molecular weight is 103 g/mol. The van der Waals surface area contributed by atoms with E-state index in [1.165, 1.54) is 0 Å². The van der Waals surface area contributed by atoms with Gasteiger partial charge in [-0.25, -0.2) is 0 Å². The lowest BCUT2D eigenvalue weighted by Gasteiger charge is -1.96. The van der Waals surface area contributed by atoms with Crippen LogP contribution in [0.1, 0.15) is 6.92 Å². The second-order valence-electron chi connectivity index (χ2n) is 1.17. The van der Waals surface area contributed by atoms with E-state index in [9.17, 15) is 0 Å². The molecule has 0 saturated heterocycles. The first-order chi connectivity index (χ1) is 3.18. The molecule has 0 aliphatic carbocycles. The zero-order valence-corrected chi connectivity index (χ0v) is 4.14. The molecule has 42 valence electrons. The number of allylic oxidation sites excluding steroid dienone is 1. The summed E-state index contributed by atoms with van der Waals surface area (Å²) in [5, 5.41) is 0. The predicted octanol–water partition coefficient (Wildman–Crippen LogP) is -1.02. The third-order valence-corrected chi connectivity index (χ3v) is 0.516. The van der Waals surface area contributed by atoms with E-state index in [2.05, 4.69) is 10.7 Å². The Kier molecular flexibility index (Phi) is 2.01. The summed E-state index contributed by atoms with van der Waals surface area (Å²) in [6.45, 7) is 1.60. The Balaban J connectivity index is 3.72. The third-order valence-electron chi connectivity index (χ3n) is 0.516. The van der Waals surface area contributed by atoms with Gasteiger partial charge in [-0.15, -0.1) is 0 Å². The van der Waals surface area contributed by atoms with Gasteiger partial charge in [0.25, 0.3) is 0 Å². The number of nitrogens with two attached hydrogens (primary N) is 3. The summed E-state index contributed by atoms with van der Waals surface area (Å²) in [6, 6.07) is 0. The minimum Gasteiger partial charge on any atom is -0.398 e. The molecule has 0 unspecified atom stereocenters. The van der Waals surface area contributed by atoms with Gasteiger partial charge in [0.1, 0.15) is 0 Å². The van der Waals surface area contributed by atoms with E-state index < -0.39 is 0 Å². The molecule has 0 heterocycles. The Morgan fingerprint density at radius 1 is 1.43 bits per heavy atom. The normalized spacial score (nSPS) is 12.9. The fourth-order valence-corrected chi connectivity index (χ4v) is 0.0929. The van der Waals surface area contributed by atoms with Gasteiger partial charge < -0.3 is 16.3 Å². The first-order valence-corrected chi connectivity index (χ1v) is 1.77. The molecule has 0 amide bonds. The van der Waals surface area contributed by atoms with E-state index >= 15 is 0 Å². The molecule has 7 heavy (non-hydrogen) atoms. The van der Waals surface area contributed by atoms with Crippen LogP contribution in [0.2, 0.25) is 0 Å². The minimum absolute atomic E-state index is 0.0694. The van der Waals surface area contributed by atoms with Crippen LogP contribution in [-0.4, -0.2) is 0 Å². The summed E-state index contributed by atoms with van der Waals surface area (Å²) in [5.74, 6) is 4.68. The Morgan fingerprint density at radius 2 is 1.86 bits per heavy atom. The molecule has 0 saturated carbocycles. The van der Waals surface area contributed by atoms with E-state index in [0.717, 1.165) is 0 Å². The maximum atomic E-state index is 5.10. The molecule has 0 aromatic carbocycles. The molecule has 0 aromatic heterocycles. The van der Waals surface area contributed by atoms with Crippen LogP contribution in [0.5, 0.6) is 0 Å². The van der Waals surface area contributed by atoms with Crippen LogP contribution in [0, 0.1) is 0 Å². The lowest BCUT2D eigenvalue weighted by Crippen LogP contribution is -2.13. The van der Waals surface area contributed by atoms with Crippen LogP contribution >= 0.6 is 0 Å². The van der Waals surface area contributed by atoms with Crippen LogP contribution in [0.15, 0.2) is 11.6 Å². The minimum atomic E-state index is 0.0694. The van der Waals surface area contributed by atoms with Crippen molar-refractivity contribution in [3.05, 3.63) is 11.6 Å². The molecular formula is C3H9N3O. The van der Waals surface area contributed by atoms with E-state index in [0.29, 0.717) is 5.70 Å². The Labute approximate surface area is 41.9 Å². The highest BCUT2D eigenvalue weighted by Gasteiger charge is 1.86. The number of hydrogen-bond acceptors (Lipinski definition) is 4. The highest BCUT2D eigenvalue weighted by atomic mass is 16.6. The highest BCUT2D eigenvalue weighted by molar-refractivity contribution is 4.95. The van der Waals surface area contributed by atoms with E-state index in [1.807, 2.05) is 0 Å². The van der Waals surface area contributed by atoms with Crippen molar-refractivity contribution in [1.82, 2.24) is 0 Å². The fraction of sp³-hybridized carbons (Fsp3) is 0.333. The molecular weight excluding hydrogens is 94.1 g/mol. The smallest absolute Gasteiger partial charge is 0.227 e. The first-order valence-electron chi connectivity index (χ1n) is 1.77. The van der Waals surface area contributed by atoms with Gasteiger partial charge in [-0.1, -0.05) is 0 Å². The molecule has 4 nitrogen and oxygen atoms in total. The molecule has 0 spiro atoms. The Bertz CT molecular complexity index is 84.2. The summed E-state index contributed by atoms with van der Waals surface area (Å²) < 4.78 is 0. The van der Waals surface area contributed by atoms with E-state index in [-0.39, 0.29) is 5.88 Å². The van der Waals surface area contributed by atoms with Gasteiger partial charge in [-0.3, -0.25) is 0 Å². The van der Waals surface area contributed by atoms with E-state index in [1.54, 1.807) is 6.92 Å². The van der Waals surface area contributed by atoms with Crippen molar-refractivity contribution in [2.45, 2.75) is 6.92 Å². The van der Waals surface area contributed by atoms with Crippen molar-refractivity contribution in [3.63, 3.8) is 0 Å². The van der Waals surface area contributed by atoms with Crippen LogP contribution in [0.25, 0.3) is 0 Å². The van der Waals surface area contributed by atoms with Gasteiger partial charge in [0.05, 0.1) is 5.70 Å². The van der Waals surface area contributed by atoms with Crippen molar-refractivity contribution in [2.75, 3.05) is 0 Å². The molecule has 6 N–H and O–H groups in total. The second-order valence-corrected chi connectivity index (χ2v) is 1.17. The van der Waals surface area contributed by atoms with Crippen molar-refractivity contribution < 1.29 is 4.84 Å². The maximum Gasteiger partial charge on any atom is 0.227 e. The number of hydrogen-bond donors (Lipinski definition) is 3. The summed E-state index contributed by atoms with van der Waals surface area (Å²) in [7, 11) is 0. The van der Waals surface area contributed by atoms with Crippen molar-refractivity contribution in [2.24, 2.45) is 17.4 Å². The zero-order chi connectivity index (χ0) is 5.86. The third kappa shape index (κ3) is 1.88. The number of rotatable bonds is 1. The zero-order valence-electron chi connectivity index (χ0n) is 4.14. The summed E-state index contributed by atoms with van der Waals surface area (Å²) >= 11 is 0. The van der Waals surface area contributed by atoms with Gasteiger partial charge in [0, 0.05) is 0 Å².